The van der Waals surface area contributed by atoms with Gasteiger partial charge in [0.2, 0.25) is 0 Å². The van der Waals surface area contributed by atoms with Gasteiger partial charge in [0.1, 0.15) is 0 Å². The van der Waals surface area contributed by atoms with Crippen LogP contribution in [0.15, 0.2) is 42.9 Å². The van der Waals surface area contributed by atoms with E-state index in [4.69, 9.17) is 0 Å². The van der Waals surface area contributed by atoms with E-state index in [9.17, 15) is 0 Å². The summed E-state index contributed by atoms with van der Waals surface area (Å²) in [7, 11) is 0. The van der Waals surface area contributed by atoms with Gasteiger partial charge in [-0.05, 0) is 6.07 Å². The van der Waals surface area contributed by atoms with E-state index in [-0.39, 0.29) is 0 Å². The topological polar surface area (TPSA) is 54.5 Å². The van der Waals surface area contributed by atoms with Crippen molar-refractivity contribution < 1.29 is 0 Å². The van der Waals surface area contributed by atoms with Gasteiger partial charge >= 0.3 is 0 Å². The molecule has 0 aliphatic heterocycles. The molecule has 0 aliphatic rings. The van der Waals surface area contributed by atoms with Crippen molar-refractivity contribution in [1.82, 2.24) is 19.9 Å². The molecule has 0 saturated heterocycles. The lowest BCUT2D eigenvalue weighted by Crippen LogP contribution is -1.90. The van der Waals surface area contributed by atoms with Crippen LogP contribution in [0, 0.1) is 0 Å². The number of H-pyrrole nitrogens is 1. The minimum atomic E-state index is 0.624. The summed E-state index contributed by atoms with van der Waals surface area (Å²) in [6, 6.07) is 7.88. The average molecular weight is 196 g/mol. The Morgan fingerprint density at radius 3 is 2.87 bits per heavy atom. The molecule has 0 saturated carbocycles. The Kier molecular flexibility index (Phi) is 1.71. The molecule has 2 aromatic heterocycles. The van der Waals surface area contributed by atoms with Crippen molar-refractivity contribution in [3.63, 3.8) is 0 Å². The highest BCUT2D eigenvalue weighted by molar-refractivity contribution is 5.78. The molecule has 3 aromatic rings. The van der Waals surface area contributed by atoms with Crippen LogP contribution in [0.25, 0.3) is 22.6 Å². The quantitative estimate of drug-likeness (QED) is 0.647. The first-order chi connectivity index (χ1) is 7.43. The van der Waals surface area contributed by atoms with Gasteiger partial charge in [0, 0.05) is 24.0 Å². The highest BCUT2D eigenvalue weighted by atomic mass is 15.0. The van der Waals surface area contributed by atoms with Crippen LogP contribution in [0.1, 0.15) is 0 Å². The largest absolute Gasteiger partial charge is 0.342 e. The van der Waals surface area contributed by atoms with Crippen molar-refractivity contribution >= 4 is 10.9 Å². The van der Waals surface area contributed by atoms with Crippen molar-refractivity contribution in [2.75, 3.05) is 0 Å². The number of benzene rings is 1. The maximum absolute atomic E-state index is 4.41. The van der Waals surface area contributed by atoms with Gasteiger partial charge in [-0.1, -0.05) is 18.2 Å². The van der Waals surface area contributed by atoms with E-state index in [1.807, 2.05) is 24.3 Å². The van der Waals surface area contributed by atoms with Crippen LogP contribution in [-0.4, -0.2) is 19.9 Å². The zero-order chi connectivity index (χ0) is 10.1. The second-order valence-electron chi connectivity index (χ2n) is 3.19. The van der Waals surface area contributed by atoms with Gasteiger partial charge in [-0.15, -0.1) is 0 Å². The number of hydrogen-bond donors (Lipinski definition) is 1. The number of para-hydroxylation sites is 1. The molecule has 2 heterocycles. The predicted octanol–water partition coefficient (Wildman–Crippen LogP) is 2.02. The number of fused-ring (bicyclic) bond motifs is 1. The summed E-state index contributed by atoms with van der Waals surface area (Å²) in [6.45, 7) is 0. The fourth-order valence-electron chi connectivity index (χ4n) is 1.47. The molecule has 4 nitrogen and oxygen atoms in total. The molecule has 1 N–H and O–H groups in total. The first-order valence-corrected chi connectivity index (χ1v) is 4.65. The van der Waals surface area contributed by atoms with Crippen molar-refractivity contribution in [2.24, 2.45) is 0 Å². The molecule has 0 fully saturated rings. The molecule has 0 amide bonds. The van der Waals surface area contributed by atoms with Crippen LogP contribution in [-0.2, 0) is 0 Å². The van der Waals surface area contributed by atoms with Gasteiger partial charge in [0.25, 0.3) is 0 Å². The van der Waals surface area contributed by atoms with E-state index < -0.39 is 0 Å². The molecule has 0 atom stereocenters. The third-order valence-electron chi connectivity index (χ3n) is 2.20. The third-order valence-corrected chi connectivity index (χ3v) is 2.20. The SMILES string of the molecule is c1ccc2nc(-c3ncc[nH]3)ncc2c1. The average Bonchev–Trinajstić information content (AvgIpc) is 2.82. The van der Waals surface area contributed by atoms with E-state index in [0.717, 1.165) is 10.9 Å². The van der Waals surface area contributed by atoms with Crippen LogP contribution in [0.4, 0.5) is 0 Å². The lowest BCUT2D eigenvalue weighted by Gasteiger charge is -1.98. The number of aromatic nitrogens is 4. The van der Waals surface area contributed by atoms with Crippen LogP contribution in [0.3, 0.4) is 0 Å². The lowest BCUT2D eigenvalue weighted by molar-refractivity contribution is 1.15. The third kappa shape index (κ3) is 1.36. The molecule has 3 rings (SSSR count). The monoisotopic (exact) mass is 196 g/mol. The van der Waals surface area contributed by atoms with Gasteiger partial charge in [-0.3, -0.25) is 0 Å². The maximum atomic E-state index is 4.41. The zero-order valence-corrected chi connectivity index (χ0v) is 7.88. The first-order valence-electron chi connectivity index (χ1n) is 4.65. The van der Waals surface area contributed by atoms with Crippen LogP contribution in [0.5, 0.6) is 0 Å². The summed E-state index contributed by atoms with van der Waals surface area (Å²) in [5.74, 6) is 1.32. The fourth-order valence-corrected chi connectivity index (χ4v) is 1.47. The maximum Gasteiger partial charge on any atom is 0.196 e. The number of imidazole rings is 1. The molecule has 0 spiro atoms. The van der Waals surface area contributed by atoms with Crippen LogP contribution in [0.2, 0.25) is 0 Å². The van der Waals surface area contributed by atoms with Crippen LogP contribution >= 0.6 is 0 Å². The number of hydrogen-bond acceptors (Lipinski definition) is 3. The molecule has 0 bridgehead atoms. The van der Waals surface area contributed by atoms with Gasteiger partial charge in [0.15, 0.2) is 11.6 Å². The molecule has 0 aliphatic carbocycles. The number of nitrogens with one attached hydrogen (secondary N) is 1. The van der Waals surface area contributed by atoms with E-state index in [1.54, 1.807) is 18.6 Å². The van der Waals surface area contributed by atoms with E-state index >= 15 is 0 Å². The minimum Gasteiger partial charge on any atom is -0.342 e. The van der Waals surface area contributed by atoms with E-state index in [1.165, 1.54) is 0 Å². The molecule has 72 valence electrons. The summed E-state index contributed by atoms with van der Waals surface area (Å²) in [6.07, 6.45) is 5.25. The van der Waals surface area contributed by atoms with E-state index in [0.29, 0.717) is 11.6 Å². The molecular weight excluding hydrogens is 188 g/mol. The Bertz CT molecular complexity index is 586. The van der Waals surface area contributed by atoms with Crippen molar-refractivity contribution in [3.8, 4) is 11.6 Å². The normalized spacial score (nSPS) is 10.7. The summed E-state index contributed by atoms with van der Waals surface area (Å²) < 4.78 is 0. The molecule has 4 heteroatoms. The summed E-state index contributed by atoms with van der Waals surface area (Å²) in [4.78, 5) is 15.8. The van der Waals surface area contributed by atoms with Crippen molar-refractivity contribution in [2.45, 2.75) is 0 Å². The summed E-state index contributed by atoms with van der Waals surface area (Å²) >= 11 is 0. The Labute approximate surface area is 86.0 Å². The van der Waals surface area contributed by atoms with Crippen LogP contribution < -0.4 is 0 Å². The molecule has 15 heavy (non-hydrogen) atoms. The number of rotatable bonds is 1. The van der Waals surface area contributed by atoms with Gasteiger partial charge in [-0.2, -0.15) is 0 Å². The summed E-state index contributed by atoms with van der Waals surface area (Å²) in [5, 5.41) is 1.04. The second-order valence-corrected chi connectivity index (χ2v) is 3.19. The molecule has 0 unspecified atom stereocenters. The predicted molar refractivity (Wildman–Crippen MR) is 57.1 cm³/mol. The van der Waals surface area contributed by atoms with E-state index in [2.05, 4.69) is 19.9 Å². The second kappa shape index (κ2) is 3.16. The van der Waals surface area contributed by atoms with Gasteiger partial charge < -0.3 is 4.98 Å². The Morgan fingerprint density at radius 1 is 1.07 bits per heavy atom. The Hall–Kier alpha value is -2.23. The number of aromatic amines is 1. The lowest BCUT2D eigenvalue weighted by atomic mass is 10.2. The molecule has 1 aromatic carbocycles. The fraction of sp³-hybridized carbons (Fsp3) is 0. The number of nitrogens with zero attached hydrogens (tertiary/aromatic N) is 3. The standard InChI is InChI=1S/C11H8N4/c1-2-4-9-8(3-1)7-14-11(15-9)10-12-5-6-13-10/h1-7H,(H,12,13). The highest BCUT2D eigenvalue weighted by Gasteiger charge is 2.03. The Morgan fingerprint density at radius 2 is 2.00 bits per heavy atom. The smallest absolute Gasteiger partial charge is 0.196 e. The molecule has 0 radical (unpaired) electrons. The van der Waals surface area contributed by atoms with Gasteiger partial charge in [0.05, 0.1) is 5.52 Å². The highest BCUT2D eigenvalue weighted by Crippen LogP contribution is 2.14. The zero-order valence-electron chi connectivity index (χ0n) is 7.88. The first kappa shape index (κ1) is 8.11. The molecular formula is C11H8N4. The summed E-state index contributed by atoms with van der Waals surface area (Å²) in [5.41, 5.74) is 0.930. The van der Waals surface area contributed by atoms with Crippen molar-refractivity contribution in [1.29, 1.82) is 0 Å². The minimum absolute atomic E-state index is 0.624. The van der Waals surface area contributed by atoms with Crippen molar-refractivity contribution in [3.05, 3.63) is 42.9 Å². The Balaban J connectivity index is 2.22. The van der Waals surface area contributed by atoms with Gasteiger partial charge in [-0.25, -0.2) is 15.0 Å².